The Labute approximate surface area is 113 Å². The zero-order chi connectivity index (χ0) is 13.0. The van der Waals surface area contributed by atoms with Gasteiger partial charge in [0.2, 0.25) is 0 Å². The highest BCUT2D eigenvalue weighted by Gasteiger charge is 2.12. The van der Waals surface area contributed by atoms with E-state index in [-0.39, 0.29) is 0 Å². The van der Waals surface area contributed by atoms with E-state index >= 15 is 0 Å². The molecular formula is C14H23BrN2. The molecule has 0 amide bonds. The summed E-state index contributed by atoms with van der Waals surface area (Å²) in [7, 11) is 2.18. The van der Waals surface area contributed by atoms with Crippen LogP contribution in [0.3, 0.4) is 0 Å². The van der Waals surface area contributed by atoms with Crippen LogP contribution < -0.4 is 5.73 Å². The average Bonchev–Trinajstić information content (AvgIpc) is 2.21. The lowest BCUT2D eigenvalue weighted by Crippen LogP contribution is -2.29. The highest BCUT2D eigenvalue weighted by molar-refractivity contribution is 9.10. The summed E-state index contributed by atoms with van der Waals surface area (Å²) < 4.78 is 1.10. The van der Waals surface area contributed by atoms with Gasteiger partial charge in [-0.15, -0.1) is 0 Å². The number of nitrogens with zero attached hydrogens (tertiary/aromatic N) is 1. The molecule has 0 aliphatic carbocycles. The SMILES string of the molecule is CC(C)CC(C)N(C)Cc1ccc(N)cc1Br. The maximum atomic E-state index is 5.74. The molecule has 96 valence electrons. The maximum Gasteiger partial charge on any atom is 0.0325 e. The summed E-state index contributed by atoms with van der Waals surface area (Å²) in [6, 6.07) is 6.62. The van der Waals surface area contributed by atoms with Crippen LogP contribution in [0.4, 0.5) is 5.69 Å². The van der Waals surface area contributed by atoms with E-state index in [1.807, 2.05) is 12.1 Å². The van der Waals surface area contributed by atoms with E-state index in [1.54, 1.807) is 0 Å². The molecule has 0 saturated heterocycles. The number of benzene rings is 1. The van der Waals surface area contributed by atoms with Crippen molar-refractivity contribution >= 4 is 21.6 Å². The van der Waals surface area contributed by atoms with Gasteiger partial charge < -0.3 is 5.73 Å². The summed E-state index contributed by atoms with van der Waals surface area (Å²) in [5, 5.41) is 0. The summed E-state index contributed by atoms with van der Waals surface area (Å²) in [6.07, 6.45) is 1.23. The molecule has 1 unspecified atom stereocenters. The van der Waals surface area contributed by atoms with Gasteiger partial charge in [0.1, 0.15) is 0 Å². The van der Waals surface area contributed by atoms with E-state index in [9.17, 15) is 0 Å². The van der Waals surface area contributed by atoms with Crippen LogP contribution in [0.25, 0.3) is 0 Å². The van der Waals surface area contributed by atoms with Crippen LogP contribution in [-0.2, 0) is 6.54 Å². The lowest BCUT2D eigenvalue weighted by molar-refractivity contribution is 0.220. The number of hydrogen-bond donors (Lipinski definition) is 1. The summed E-state index contributed by atoms with van der Waals surface area (Å²) in [5.74, 6) is 0.738. The number of halogens is 1. The van der Waals surface area contributed by atoms with Gasteiger partial charge in [-0.05, 0) is 44.0 Å². The quantitative estimate of drug-likeness (QED) is 0.836. The van der Waals surface area contributed by atoms with E-state index in [0.29, 0.717) is 6.04 Å². The Morgan fingerprint density at radius 2 is 1.94 bits per heavy atom. The fourth-order valence-electron chi connectivity index (χ4n) is 1.98. The molecule has 0 saturated carbocycles. The molecule has 2 N–H and O–H groups in total. The monoisotopic (exact) mass is 298 g/mol. The maximum absolute atomic E-state index is 5.74. The largest absolute Gasteiger partial charge is 0.399 e. The van der Waals surface area contributed by atoms with Gasteiger partial charge in [-0.1, -0.05) is 35.8 Å². The molecule has 2 nitrogen and oxygen atoms in total. The minimum atomic E-state index is 0.597. The molecule has 0 fully saturated rings. The second kappa shape index (κ2) is 6.41. The van der Waals surface area contributed by atoms with Gasteiger partial charge in [0, 0.05) is 22.7 Å². The van der Waals surface area contributed by atoms with Crippen molar-refractivity contribution in [3.63, 3.8) is 0 Å². The molecule has 0 spiro atoms. The zero-order valence-electron chi connectivity index (χ0n) is 11.2. The standard InChI is InChI=1S/C14H23BrN2/c1-10(2)7-11(3)17(4)9-12-5-6-13(16)8-14(12)15/h5-6,8,10-11H,7,9,16H2,1-4H3. The third-order valence-electron chi connectivity index (χ3n) is 3.06. The van der Waals surface area contributed by atoms with Crippen LogP contribution in [0.1, 0.15) is 32.8 Å². The van der Waals surface area contributed by atoms with Gasteiger partial charge in [0.15, 0.2) is 0 Å². The number of hydrogen-bond acceptors (Lipinski definition) is 2. The normalized spacial score (nSPS) is 13.4. The van der Waals surface area contributed by atoms with Gasteiger partial charge in [-0.2, -0.15) is 0 Å². The minimum absolute atomic E-state index is 0.597. The molecule has 0 aliphatic heterocycles. The van der Waals surface area contributed by atoms with Crippen molar-refractivity contribution in [2.24, 2.45) is 5.92 Å². The second-order valence-corrected chi connectivity index (χ2v) is 6.10. The van der Waals surface area contributed by atoms with Crippen molar-refractivity contribution in [3.8, 4) is 0 Å². The summed E-state index contributed by atoms with van der Waals surface area (Å²) in [4.78, 5) is 2.39. The third-order valence-corrected chi connectivity index (χ3v) is 3.80. The number of anilines is 1. The molecule has 1 aromatic rings. The van der Waals surface area contributed by atoms with E-state index < -0.39 is 0 Å². The number of nitrogen functional groups attached to an aromatic ring is 1. The number of rotatable bonds is 5. The van der Waals surface area contributed by atoms with Crippen LogP contribution in [0.5, 0.6) is 0 Å². The molecule has 17 heavy (non-hydrogen) atoms. The molecule has 0 aliphatic rings. The van der Waals surface area contributed by atoms with E-state index in [0.717, 1.165) is 22.6 Å². The van der Waals surface area contributed by atoms with Crippen molar-refractivity contribution in [1.29, 1.82) is 0 Å². The smallest absolute Gasteiger partial charge is 0.0325 e. The van der Waals surface area contributed by atoms with Crippen LogP contribution in [0.2, 0.25) is 0 Å². The topological polar surface area (TPSA) is 29.3 Å². The summed E-state index contributed by atoms with van der Waals surface area (Å²) in [6.45, 7) is 7.77. The predicted molar refractivity (Wildman–Crippen MR) is 78.9 cm³/mol. The Balaban J connectivity index is 2.64. The minimum Gasteiger partial charge on any atom is -0.399 e. The Bertz CT molecular complexity index is 363. The Kier molecular flexibility index (Phi) is 5.47. The van der Waals surface area contributed by atoms with Gasteiger partial charge in [0.25, 0.3) is 0 Å². The van der Waals surface area contributed by atoms with Crippen molar-refractivity contribution in [3.05, 3.63) is 28.2 Å². The molecular weight excluding hydrogens is 276 g/mol. The van der Waals surface area contributed by atoms with Gasteiger partial charge >= 0.3 is 0 Å². The highest BCUT2D eigenvalue weighted by atomic mass is 79.9. The third kappa shape index (κ3) is 4.68. The van der Waals surface area contributed by atoms with Crippen LogP contribution in [-0.4, -0.2) is 18.0 Å². The fourth-order valence-corrected chi connectivity index (χ4v) is 2.50. The summed E-state index contributed by atoms with van der Waals surface area (Å²) >= 11 is 3.57. The first-order valence-electron chi connectivity index (χ1n) is 6.14. The lowest BCUT2D eigenvalue weighted by atomic mass is 10.0. The molecule has 1 aromatic carbocycles. The Morgan fingerprint density at radius 3 is 2.47 bits per heavy atom. The average molecular weight is 299 g/mol. The fraction of sp³-hybridized carbons (Fsp3) is 0.571. The molecule has 0 bridgehead atoms. The van der Waals surface area contributed by atoms with Crippen LogP contribution in [0.15, 0.2) is 22.7 Å². The van der Waals surface area contributed by atoms with Crippen molar-refractivity contribution in [2.45, 2.75) is 39.8 Å². The van der Waals surface area contributed by atoms with E-state index in [2.05, 4.69) is 54.7 Å². The number of nitrogens with two attached hydrogens (primary N) is 1. The zero-order valence-corrected chi connectivity index (χ0v) is 12.8. The van der Waals surface area contributed by atoms with Gasteiger partial charge in [-0.25, -0.2) is 0 Å². The molecule has 0 heterocycles. The van der Waals surface area contributed by atoms with Gasteiger partial charge in [-0.3, -0.25) is 4.90 Å². The molecule has 3 heteroatoms. The van der Waals surface area contributed by atoms with Crippen molar-refractivity contribution < 1.29 is 0 Å². The first kappa shape index (κ1) is 14.5. The summed E-state index contributed by atoms with van der Waals surface area (Å²) in [5.41, 5.74) is 7.83. The van der Waals surface area contributed by atoms with Crippen LogP contribution >= 0.6 is 15.9 Å². The molecule has 0 radical (unpaired) electrons. The lowest BCUT2D eigenvalue weighted by Gasteiger charge is -2.26. The van der Waals surface area contributed by atoms with Crippen LogP contribution in [0, 0.1) is 5.92 Å². The van der Waals surface area contributed by atoms with Gasteiger partial charge in [0.05, 0.1) is 0 Å². The molecule has 1 rings (SSSR count). The predicted octanol–water partition coefficient (Wildman–Crippen LogP) is 3.90. The molecule has 1 atom stereocenters. The van der Waals surface area contributed by atoms with Crippen molar-refractivity contribution in [1.82, 2.24) is 4.90 Å². The van der Waals surface area contributed by atoms with E-state index in [1.165, 1.54) is 12.0 Å². The Morgan fingerprint density at radius 1 is 1.29 bits per heavy atom. The van der Waals surface area contributed by atoms with Crippen molar-refractivity contribution in [2.75, 3.05) is 12.8 Å². The van der Waals surface area contributed by atoms with E-state index in [4.69, 9.17) is 5.73 Å². The first-order chi connectivity index (χ1) is 7.90. The first-order valence-corrected chi connectivity index (χ1v) is 6.93. The highest BCUT2D eigenvalue weighted by Crippen LogP contribution is 2.22. The Hall–Kier alpha value is -0.540. The molecule has 0 aromatic heterocycles. The second-order valence-electron chi connectivity index (χ2n) is 5.24.